The number of hydrogen-bond donors (Lipinski definition) is 1. The molecular weight excluding hydrogens is 280 g/mol. The van der Waals surface area contributed by atoms with Gasteiger partial charge in [-0.3, -0.25) is 14.5 Å². The molecule has 0 spiro atoms. The highest BCUT2D eigenvalue weighted by atomic mass is 32.1. The van der Waals surface area contributed by atoms with Crippen LogP contribution in [0.15, 0.2) is 35.8 Å². The topological polar surface area (TPSA) is 95.7 Å². The summed E-state index contributed by atoms with van der Waals surface area (Å²) >= 11 is 1.48. The van der Waals surface area contributed by atoms with Crippen molar-refractivity contribution in [2.24, 2.45) is 5.73 Å². The highest BCUT2D eigenvalue weighted by molar-refractivity contribution is 7.15. The van der Waals surface area contributed by atoms with Gasteiger partial charge in [-0.1, -0.05) is 0 Å². The van der Waals surface area contributed by atoms with Gasteiger partial charge in [0.25, 0.3) is 5.69 Å². The number of benzene rings is 1. The number of nitrogens with zero attached hydrogens (tertiary/aromatic N) is 3. The first-order valence-corrected chi connectivity index (χ1v) is 6.64. The van der Waals surface area contributed by atoms with E-state index in [2.05, 4.69) is 4.98 Å². The van der Waals surface area contributed by atoms with Crippen molar-refractivity contribution in [1.82, 2.24) is 9.38 Å². The number of non-ortho nitro benzene ring substituents is 1. The second-order valence-corrected chi connectivity index (χ2v) is 4.85. The van der Waals surface area contributed by atoms with Crippen LogP contribution in [0.5, 0.6) is 11.6 Å². The molecule has 0 saturated heterocycles. The Morgan fingerprint density at radius 1 is 1.40 bits per heavy atom. The van der Waals surface area contributed by atoms with E-state index in [4.69, 9.17) is 10.5 Å². The number of thiazole rings is 1. The molecule has 1 aromatic carbocycles. The van der Waals surface area contributed by atoms with E-state index < -0.39 is 4.92 Å². The smallest absolute Gasteiger partial charge is 0.269 e. The Morgan fingerprint density at radius 3 is 2.80 bits per heavy atom. The van der Waals surface area contributed by atoms with Gasteiger partial charge in [-0.25, -0.2) is 0 Å². The molecule has 0 aliphatic heterocycles. The molecule has 0 amide bonds. The monoisotopic (exact) mass is 290 g/mol. The Morgan fingerprint density at radius 2 is 2.15 bits per heavy atom. The molecule has 0 bridgehead atoms. The van der Waals surface area contributed by atoms with Crippen molar-refractivity contribution in [3.05, 3.63) is 51.7 Å². The number of rotatable bonds is 4. The minimum Gasteiger partial charge on any atom is -0.437 e. The van der Waals surface area contributed by atoms with Crippen LogP contribution in [0.2, 0.25) is 0 Å². The third-order valence-electron chi connectivity index (χ3n) is 2.78. The fourth-order valence-electron chi connectivity index (χ4n) is 1.83. The number of fused-ring (bicyclic) bond motifs is 1. The second kappa shape index (κ2) is 4.91. The van der Waals surface area contributed by atoms with E-state index in [0.717, 1.165) is 10.7 Å². The number of nitro groups is 1. The fraction of sp³-hybridized carbons (Fsp3) is 0.0833. The van der Waals surface area contributed by atoms with Crippen molar-refractivity contribution < 1.29 is 9.66 Å². The zero-order chi connectivity index (χ0) is 14.1. The van der Waals surface area contributed by atoms with Crippen molar-refractivity contribution >= 4 is 22.0 Å². The van der Waals surface area contributed by atoms with Crippen molar-refractivity contribution in [3.8, 4) is 11.6 Å². The minimum atomic E-state index is -0.457. The summed E-state index contributed by atoms with van der Waals surface area (Å²) in [5, 5.41) is 12.5. The average molecular weight is 290 g/mol. The standard InChI is InChI=1S/C12H10N4O3S/c13-7-10-11(14-12-15(10)5-6-20-12)19-9-3-1-8(2-4-9)16(17)18/h1-6H,7,13H2. The third kappa shape index (κ3) is 2.10. The first-order valence-electron chi connectivity index (χ1n) is 5.76. The molecule has 7 nitrogen and oxygen atoms in total. The molecule has 0 radical (unpaired) electrons. The Bertz CT molecular complexity index is 763. The third-order valence-corrected chi connectivity index (χ3v) is 3.54. The molecular formula is C12H10N4O3S. The first kappa shape index (κ1) is 12.6. The Labute approximate surface area is 117 Å². The molecule has 0 aliphatic carbocycles. The quantitative estimate of drug-likeness (QED) is 0.588. The van der Waals surface area contributed by atoms with Crippen molar-refractivity contribution in [3.63, 3.8) is 0 Å². The lowest BCUT2D eigenvalue weighted by Crippen LogP contribution is -2.01. The van der Waals surface area contributed by atoms with Gasteiger partial charge in [0.05, 0.1) is 4.92 Å². The number of ether oxygens (including phenoxy) is 1. The lowest BCUT2D eigenvalue weighted by Gasteiger charge is -2.04. The summed E-state index contributed by atoms with van der Waals surface area (Å²) in [5.74, 6) is 0.907. The maximum Gasteiger partial charge on any atom is 0.269 e. The summed E-state index contributed by atoms with van der Waals surface area (Å²) in [6.07, 6.45) is 1.87. The van der Waals surface area contributed by atoms with Crippen LogP contribution in [-0.2, 0) is 6.54 Å². The predicted octanol–water partition coefficient (Wildman–Crippen LogP) is 2.55. The van der Waals surface area contributed by atoms with E-state index >= 15 is 0 Å². The summed E-state index contributed by atoms with van der Waals surface area (Å²) in [6.45, 7) is 0.292. The Hall–Kier alpha value is -2.45. The van der Waals surface area contributed by atoms with Gasteiger partial charge in [0, 0.05) is 30.3 Å². The number of nitro benzene ring substituents is 1. The SMILES string of the molecule is NCc1c(Oc2ccc([N+](=O)[O-])cc2)nc2sccn12. The van der Waals surface area contributed by atoms with Gasteiger partial charge < -0.3 is 10.5 Å². The Balaban J connectivity index is 1.92. The molecule has 2 N–H and O–H groups in total. The highest BCUT2D eigenvalue weighted by Crippen LogP contribution is 2.28. The van der Waals surface area contributed by atoms with E-state index in [9.17, 15) is 10.1 Å². The van der Waals surface area contributed by atoms with Crippen LogP contribution in [0.4, 0.5) is 5.69 Å². The number of hydrogen-bond acceptors (Lipinski definition) is 6. The Kier molecular flexibility index (Phi) is 3.09. The molecule has 20 heavy (non-hydrogen) atoms. The zero-order valence-corrected chi connectivity index (χ0v) is 11.0. The van der Waals surface area contributed by atoms with Crippen LogP contribution in [0.3, 0.4) is 0 Å². The normalized spacial score (nSPS) is 10.8. The summed E-state index contributed by atoms with van der Waals surface area (Å²) in [4.78, 5) is 15.3. The van der Waals surface area contributed by atoms with Gasteiger partial charge in [-0.15, -0.1) is 11.3 Å². The van der Waals surface area contributed by atoms with E-state index in [-0.39, 0.29) is 5.69 Å². The predicted molar refractivity (Wildman–Crippen MR) is 74.1 cm³/mol. The molecule has 2 aromatic heterocycles. The lowest BCUT2D eigenvalue weighted by atomic mass is 10.3. The number of aromatic nitrogens is 2. The largest absolute Gasteiger partial charge is 0.437 e. The van der Waals surface area contributed by atoms with Gasteiger partial charge >= 0.3 is 0 Å². The maximum absolute atomic E-state index is 10.6. The zero-order valence-electron chi connectivity index (χ0n) is 10.2. The molecule has 0 fully saturated rings. The minimum absolute atomic E-state index is 0.0159. The van der Waals surface area contributed by atoms with Crippen LogP contribution >= 0.6 is 11.3 Å². The van der Waals surface area contributed by atoms with Gasteiger partial charge in [0.1, 0.15) is 11.4 Å². The van der Waals surface area contributed by atoms with Crippen LogP contribution in [-0.4, -0.2) is 14.3 Å². The molecule has 0 unspecified atom stereocenters. The van der Waals surface area contributed by atoms with Crippen molar-refractivity contribution in [2.45, 2.75) is 6.54 Å². The molecule has 8 heteroatoms. The molecule has 3 rings (SSSR count). The first-order chi connectivity index (χ1) is 9.69. The fourth-order valence-corrected chi connectivity index (χ4v) is 2.55. The van der Waals surface area contributed by atoms with Crippen LogP contribution in [0, 0.1) is 10.1 Å². The summed E-state index contributed by atoms with van der Waals surface area (Å²) in [6, 6.07) is 5.84. The van der Waals surface area contributed by atoms with Crippen molar-refractivity contribution in [1.29, 1.82) is 0 Å². The number of nitrogens with two attached hydrogens (primary N) is 1. The lowest BCUT2D eigenvalue weighted by molar-refractivity contribution is -0.384. The van der Waals surface area contributed by atoms with E-state index in [1.165, 1.54) is 35.6 Å². The summed E-state index contributed by atoms with van der Waals surface area (Å²) < 4.78 is 7.52. The van der Waals surface area contributed by atoms with Gasteiger partial charge in [-0.05, 0) is 12.1 Å². The average Bonchev–Trinajstić information content (AvgIpc) is 2.99. The summed E-state index contributed by atoms with van der Waals surface area (Å²) in [7, 11) is 0. The molecule has 3 aromatic rings. The molecule has 102 valence electrons. The van der Waals surface area contributed by atoms with Crippen LogP contribution in [0.25, 0.3) is 4.96 Å². The highest BCUT2D eigenvalue weighted by Gasteiger charge is 2.14. The van der Waals surface area contributed by atoms with Crippen molar-refractivity contribution in [2.75, 3.05) is 0 Å². The van der Waals surface area contributed by atoms with Crippen LogP contribution in [0.1, 0.15) is 5.69 Å². The van der Waals surface area contributed by atoms with E-state index in [1.807, 2.05) is 16.0 Å². The summed E-state index contributed by atoms with van der Waals surface area (Å²) in [5.41, 5.74) is 6.49. The molecule has 0 atom stereocenters. The van der Waals surface area contributed by atoms with Gasteiger partial charge in [-0.2, -0.15) is 4.98 Å². The molecule has 0 saturated carbocycles. The van der Waals surface area contributed by atoms with Gasteiger partial charge in [0.15, 0.2) is 4.96 Å². The van der Waals surface area contributed by atoms with E-state index in [1.54, 1.807) is 0 Å². The number of imidazole rings is 1. The van der Waals surface area contributed by atoms with Gasteiger partial charge in [0.2, 0.25) is 5.88 Å². The second-order valence-electron chi connectivity index (χ2n) is 3.98. The van der Waals surface area contributed by atoms with E-state index in [0.29, 0.717) is 18.2 Å². The van der Waals surface area contributed by atoms with Crippen LogP contribution < -0.4 is 10.5 Å². The molecule has 0 aliphatic rings. The maximum atomic E-state index is 10.6. The molecule has 2 heterocycles.